The first-order valence-electron chi connectivity index (χ1n) is 23.3. The summed E-state index contributed by atoms with van der Waals surface area (Å²) < 4.78 is 167. The molecule has 0 aliphatic rings. The van der Waals surface area contributed by atoms with Crippen molar-refractivity contribution in [3.63, 3.8) is 0 Å². The molecular formula is C52H46Cl2F6N7NaO10S3. The van der Waals surface area contributed by atoms with Crippen LogP contribution in [0.3, 0.4) is 0 Å². The van der Waals surface area contributed by atoms with E-state index in [0.29, 0.717) is 49.7 Å². The third-order valence-corrected chi connectivity index (χ3v) is 17.6. The average molecular weight is 1230 g/mol. The molecule has 2 aromatic heterocycles. The van der Waals surface area contributed by atoms with Crippen molar-refractivity contribution in [3.05, 3.63) is 183 Å². The molecule has 424 valence electrons. The summed E-state index contributed by atoms with van der Waals surface area (Å²) in [6.45, 7) is 4.47. The number of aromatic nitrogens is 4. The first-order valence-corrected chi connectivity index (χ1v) is 29.0. The first kappa shape index (κ1) is 67.3. The van der Waals surface area contributed by atoms with Crippen molar-refractivity contribution in [3.8, 4) is 22.5 Å². The topological polar surface area (TPSA) is 268 Å². The van der Waals surface area contributed by atoms with E-state index in [9.17, 15) is 52.4 Å². The fraction of sp³-hybridized carbons (Fsp3) is 0.192. The van der Waals surface area contributed by atoms with Crippen LogP contribution in [0.1, 0.15) is 71.9 Å². The van der Waals surface area contributed by atoms with Gasteiger partial charge in [-0.3, -0.25) is 24.3 Å². The van der Waals surface area contributed by atoms with Gasteiger partial charge in [0.15, 0.2) is 46.5 Å². The van der Waals surface area contributed by atoms with Crippen molar-refractivity contribution >= 4 is 98.3 Å². The summed E-state index contributed by atoms with van der Waals surface area (Å²) in [7, 11) is -12.5. The van der Waals surface area contributed by atoms with Crippen LogP contribution in [0.25, 0.3) is 50.5 Å². The Labute approximate surface area is 493 Å². The van der Waals surface area contributed by atoms with Gasteiger partial charge in [-0.05, 0) is 79.9 Å². The average Bonchev–Trinajstić information content (AvgIpc) is 3.45. The molecule has 0 aliphatic heterocycles. The second-order valence-electron chi connectivity index (χ2n) is 16.6. The number of anilines is 2. The van der Waals surface area contributed by atoms with Gasteiger partial charge in [0, 0.05) is 51.5 Å². The van der Waals surface area contributed by atoms with E-state index in [-0.39, 0.29) is 86.5 Å². The molecule has 0 saturated carbocycles. The number of hydrogen-bond donors (Lipinski definition) is 3. The molecule has 6 aromatic carbocycles. The maximum atomic E-state index is 15.8. The number of sulfonamides is 3. The molecule has 8 rings (SSSR count). The van der Waals surface area contributed by atoms with Gasteiger partial charge in [-0.1, -0.05) is 68.2 Å². The normalized spacial score (nSPS) is 11.2. The van der Waals surface area contributed by atoms with Gasteiger partial charge in [-0.2, -0.15) is 3.71 Å². The summed E-state index contributed by atoms with van der Waals surface area (Å²) in [6.07, 6.45) is 3.12. The summed E-state index contributed by atoms with van der Waals surface area (Å²) in [5.41, 5.74) is -1.97. The van der Waals surface area contributed by atoms with Gasteiger partial charge in [0.2, 0.25) is 30.1 Å². The molecular weight excluding hydrogens is 1190 g/mol. The minimum atomic E-state index is -4.75. The largest absolute Gasteiger partial charge is 1.00 e. The number of halogens is 8. The van der Waals surface area contributed by atoms with E-state index in [1.54, 1.807) is 55.5 Å². The predicted molar refractivity (Wildman–Crippen MR) is 292 cm³/mol. The van der Waals surface area contributed by atoms with Crippen LogP contribution in [0.15, 0.2) is 109 Å². The smallest absolute Gasteiger partial charge is 0.553 e. The Morgan fingerprint density at radius 1 is 0.543 bits per heavy atom. The van der Waals surface area contributed by atoms with E-state index in [1.807, 2.05) is 4.72 Å². The number of ketones is 2. The van der Waals surface area contributed by atoms with Crippen molar-refractivity contribution in [1.29, 1.82) is 0 Å². The molecule has 2 heterocycles. The Morgan fingerprint density at radius 2 is 0.926 bits per heavy atom. The van der Waals surface area contributed by atoms with Gasteiger partial charge in [0.25, 0.3) is 0 Å². The monoisotopic (exact) mass is 1230 g/mol. The van der Waals surface area contributed by atoms with Gasteiger partial charge in [0.1, 0.15) is 5.69 Å². The molecule has 0 saturated heterocycles. The van der Waals surface area contributed by atoms with E-state index < -0.39 is 111 Å². The van der Waals surface area contributed by atoms with Crippen LogP contribution in [0.5, 0.6) is 0 Å². The summed E-state index contributed by atoms with van der Waals surface area (Å²) in [4.78, 5) is 43.9. The van der Waals surface area contributed by atoms with Crippen LogP contribution in [0, 0.1) is 34.9 Å². The van der Waals surface area contributed by atoms with Crippen LogP contribution in [0.2, 0.25) is 10.0 Å². The number of nitrogens with zero attached hydrogens (tertiary/aromatic N) is 5. The van der Waals surface area contributed by atoms with Gasteiger partial charge in [-0.25, -0.2) is 61.6 Å². The minimum Gasteiger partial charge on any atom is -0.553 e. The molecule has 0 unspecified atom stereocenters. The number of carbonyl (C=O) groups is 2. The zero-order valence-electron chi connectivity index (χ0n) is 43.3. The molecule has 0 fully saturated rings. The molecule has 0 bridgehead atoms. The minimum absolute atomic E-state index is 0. The van der Waals surface area contributed by atoms with Crippen molar-refractivity contribution in [2.75, 3.05) is 32.8 Å². The second kappa shape index (κ2) is 29.2. The number of benzene rings is 6. The van der Waals surface area contributed by atoms with E-state index in [2.05, 4.69) is 19.9 Å². The molecule has 17 nitrogen and oxygen atoms in total. The quantitative estimate of drug-likeness (QED) is 0.0253. The third kappa shape index (κ3) is 15.9. The second-order valence-corrected chi connectivity index (χ2v) is 23.4. The number of carbonyl (C=O) groups excluding carboxylic acids is 2. The summed E-state index contributed by atoms with van der Waals surface area (Å²) >= 11 is 11.8. The van der Waals surface area contributed by atoms with E-state index in [4.69, 9.17) is 39.4 Å². The molecule has 4 N–H and O–H groups in total. The van der Waals surface area contributed by atoms with Gasteiger partial charge in [-0.15, -0.1) is 0 Å². The number of rotatable bonds is 17. The number of aliphatic hydroxyl groups excluding tert-OH is 1. The fourth-order valence-corrected chi connectivity index (χ4v) is 13.0. The Hall–Kier alpha value is -6.17. The Balaban J connectivity index is 0.000000328. The molecule has 8 aromatic rings. The van der Waals surface area contributed by atoms with Crippen LogP contribution in [-0.4, -0.2) is 91.4 Å². The zero-order valence-corrected chi connectivity index (χ0v) is 49.2. The first-order chi connectivity index (χ1) is 37.9. The van der Waals surface area contributed by atoms with E-state index in [1.165, 1.54) is 62.6 Å². The molecule has 0 amide bonds. The Kier molecular flexibility index (Phi) is 24.3. The molecule has 0 radical (unpaired) electrons. The standard InChI is InChI=1S/C27H23ClF3N3O5S2.C24H17ClF3N3O3S.CH4O.H2NO.Na/c1-3-11-40(36,37)34(41(38,39)12-4-2)23-14-19(29)25(30)24(26(23)31)27(35)17-7-10-20-21(13-17)33-22(15-32-20)16-5-8-18(28)9-6-16;1-2-9-35(33,34)31-19-11-16(26)22(27)21(23(19)28)24(32)14-5-8-17-18(10-14)30-20(12-29-17)13-3-6-15(25)7-4-13;2*1-2;/h5-10,13-15H,3-4,11-12H2,1-2H3;3-8,10-12,31H,2,9H2,1H3;2H,1H3;1-2H;/q;;;-1;+1. The maximum absolute atomic E-state index is 15.8. The third-order valence-electron chi connectivity index (χ3n) is 11.0. The Morgan fingerprint density at radius 3 is 1.32 bits per heavy atom. The molecule has 0 aliphatic carbocycles. The van der Waals surface area contributed by atoms with Crippen LogP contribution in [-0.2, 0) is 30.1 Å². The molecule has 0 atom stereocenters. The molecule has 0 spiro atoms. The van der Waals surface area contributed by atoms with E-state index in [0.717, 1.165) is 7.11 Å². The summed E-state index contributed by atoms with van der Waals surface area (Å²) in [5, 5.41) is 14.3. The van der Waals surface area contributed by atoms with E-state index >= 15 is 8.78 Å². The molecule has 81 heavy (non-hydrogen) atoms. The van der Waals surface area contributed by atoms with Crippen molar-refractivity contribution in [2.45, 2.75) is 40.0 Å². The number of nitrogens with one attached hydrogen (secondary N) is 2. The predicted octanol–water partition coefficient (Wildman–Crippen LogP) is 8.68. The maximum Gasteiger partial charge on any atom is 1.00 e. The zero-order chi connectivity index (χ0) is 59.4. The van der Waals surface area contributed by atoms with Gasteiger partial charge >= 0.3 is 29.6 Å². The van der Waals surface area contributed by atoms with Crippen molar-refractivity contribution in [1.82, 2.24) is 19.9 Å². The summed E-state index contributed by atoms with van der Waals surface area (Å²) in [5.74, 6) is -9.98. The van der Waals surface area contributed by atoms with Crippen molar-refractivity contribution in [2.24, 2.45) is 0 Å². The van der Waals surface area contributed by atoms with Crippen LogP contribution < -0.4 is 38.0 Å². The number of hydrogen-bond acceptors (Lipinski definition) is 14. The number of aliphatic hydroxyl groups is 1. The number of fused-ring (bicyclic) bond motifs is 2. The van der Waals surface area contributed by atoms with Crippen LogP contribution >= 0.6 is 23.2 Å². The SMILES string of the molecule is CCCS(=O)(=O)N(c1cc(F)c(F)c(C(=O)c2ccc3ncc(-c4ccc(Cl)cc4)nc3c2)c1F)S(=O)(=O)CCC.CCCS(=O)(=O)Nc1cc(F)c(F)c(C(=O)c2ccc3ncc(-c4ccc(Cl)cc4)nc3c2)c1F.CO.[NH-]O.[Na+]. The molecule has 29 heteroatoms. The summed E-state index contributed by atoms with van der Waals surface area (Å²) in [6, 6.07) is 21.6. The Bertz CT molecular complexity index is 3920. The van der Waals surface area contributed by atoms with Gasteiger partial charge in [0.05, 0.1) is 79.9 Å². The van der Waals surface area contributed by atoms with Crippen LogP contribution in [0.4, 0.5) is 37.7 Å². The van der Waals surface area contributed by atoms with Crippen molar-refractivity contribution < 1.29 is 101 Å². The van der Waals surface area contributed by atoms with Gasteiger partial charge < -0.3 is 16.2 Å². The fourth-order valence-electron chi connectivity index (χ4n) is 7.56.